The molecule has 0 aliphatic heterocycles. The Hall–Kier alpha value is -4.30. The minimum atomic E-state index is -5.22. The highest BCUT2D eigenvalue weighted by molar-refractivity contribution is 7.92. The van der Waals surface area contributed by atoms with Crippen molar-refractivity contribution in [1.29, 1.82) is 0 Å². The summed E-state index contributed by atoms with van der Waals surface area (Å²) in [6.07, 6.45) is 1.28. The Bertz CT molecular complexity index is 1770. The smallest absolute Gasteiger partial charge is 0.383 e. The van der Waals surface area contributed by atoms with Crippen molar-refractivity contribution in [3.8, 4) is 22.4 Å². The third-order valence-corrected chi connectivity index (χ3v) is 8.09. The minimum absolute atomic E-state index is 0.106. The molecule has 1 unspecified atom stereocenters. The average molecular weight is 576 g/mol. The predicted octanol–water partition coefficient (Wildman–Crippen LogP) is 5.63. The van der Waals surface area contributed by atoms with Crippen LogP contribution in [0.2, 0.25) is 0 Å². The molecule has 0 bridgehead atoms. The summed E-state index contributed by atoms with van der Waals surface area (Å²) in [6, 6.07) is 10.2. The third kappa shape index (κ3) is 5.02. The predicted molar refractivity (Wildman–Crippen MR) is 147 cm³/mol. The number of nitrogens with zero attached hydrogens (tertiary/aromatic N) is 5. The van der Waals surface area contributed by atoms with E-state index in [0.29, 0.717) is 43.4 Å². The van der Waals surface area contributed by atoms with Crippen molar-refractivity contribution in [2.75, 3.05) is 25.1 Å². The van der Waals surface area contributed by atoms with E-state index in [1.165, 1.54) is 12.4 Å². The number of nitrogens with two attached hydrogens (primary N) is 1. The van der Waals surface area contributed by atoms with Gasteiger partial charge in [-0.2, -0.15) is 17.5 Å². The molecule has 4 rings (SSSR count). The van der Waals surface area contributed by atoms with Gasteiger partial charge in [0.25, 0.3) is 5.91 Å². The number of nitrogen functional groups attached to an aromatic ring is 1. The lowest BCUT2D eigenvalue weighted by atomic mass is 9.98. The number of anilines is 2. The maximum Gasteiger partial charge on any atom is 0.493 e. The first-order valence-electron chi connectivity index (χ1n) is 11.6. The van der Waals surface area contributed by atoms with Gasteiger partial charge >= 0.3 is 5.51 Å². The highest BCUT2D eigenvalue weighted by Crippen LogP contribution is 2.43. The topological polar surface area (TPSA) is 118 Å². The Balaban J connectivity index is 1.92. The fourth-order valence-corrected chi connectivity index (χ4v) is 5.15. The zero-order valence-corrected chi connectivity index (χ0v) is 22.7. The van der Waals surface area contributed by atoms with Gasteiger partial charge in [-0.1, -0.05) is 24.8 Å². The zero-order chi connectivity index (χ0) is 29.6. The van der Waals surface area contributed by atoms with E-state index < -0.39 is 26.9 Å². The number of carbonyl (C=O) groups is 1. The quantitative estimate of drug-likeness (QED) is 0.228. The standard InChI is InChI=1S/C26H25F4N7O2S/c1-14(2)25(38)34-17-9-6-15(7-10-17)22-20(21-23(31)32-13-33-24(21)37(22)5)16-8-11-19(18(27)12-16)35-40(39,36(3)4)26(28,29)30/h6-13H,1H2,2-5H3,(H,34,38)(H2,31,32,33). The Labute approximate surface area is 227 Å². The van der Waals surface area contributed by atoms with Gasteiger partial charge in [0.05, 0.1) is 11.1 Å². The highest BCUT2D eigenvalue weighted by Gasteiger charge is 2.45. The molecule has 210 valence electrons. The molecule has 0 saturated carbocycles. The van der Waals surface area contributed by atoms with Gasteiger partial charge in [0, 0.05) is 38.0 Å². The molecular weight excluding hydrogens is 550 g/mol. The van der Waals surface area contributed by atoms with Crippen LogP contribution in [0.15, 0.2) is 65.3 Å². The van der Waals surface area contributed by atoms with E-state index in [1.807, 2.05) is 0 Å². The first-order chi connectivity index (χ1) is 18.7. The van der Waals surface area contributed by atoms with Gasteiger partial charge in [0.1, 0.15) is 29.3 Å². The lowest BCUT2D eigenvalue weighted by Crippen LogP contribution is -2.35. The molecular formula is C26H25F4N7O2S. The van der Waals surface area contributed by atoms with E-state index >= 15 is 4.39 Å². The van der Waals surface area contributed by atoms with Crippen molar-refractivity contribution in [2.45, 2.75) is 12.4 Å². The SMILES string of the molecule is C=C(C)C(=O)Nc1ccc(-c2c(-c3ccc(N=S(=O)(N(C)C)C(F)(F)F)c(F)c3)c3c(N)ncnc3n2C)cc1. The van der Waals surface area contributed by atoms with Crippen molar-refractivity contribution in [3.05, 3.63) is 66.8 Å². The van der Waals surface area contributed by atoms with Crippen molar-refractivity contribution < 1.29 is 26.6 Å². The van der Waals surface area contributed by atoms with Gasteiger partial charge in [-0.3, -0.25) is 4.79 Å². The van der Waals surface area contributed by atoms with Crippen LogP contribution in [0, 0.1) is 5.82 Å². The fraction of sp³-hybridized carbons (Fsp3) is 0.192. The Kier molecular flexibility index (Phi) is 7.43. The minimum Gasteiger partial charge on any atom is -0.383 e. The maximum atomic E-state index is 15.3. The first kappa shape index (κ1) is 28.7. The van der Waals surface area contributed by atoms with Crippen molar-refractivity contribution >= 4 is 44.0 Å². The molecule has 3 N–H and O–H groups in total. The Morgan fingerprint density at radius 1 is 1.12 bits per heavy atom. The van der Waals surface area contributed by atoms with E-state index in [0.717, 1.165) is 26.2 Å². The molecule has 0 fully saturated rings. The lowest BCUT2D eigenvalue weighted by Gasteiger charge is -2.19. The Morgan fingerprint density at radius 2 is 1.75 bits per heavy atom. The second-order valence-corrected chi connectivity index (χ2v) is 11.4. The molecule has 1 atom stereocenters. The maximum absolute atomic E-state index is 15.3. The summed E-state index contributed by atoms with van der Waals surface area (Å²) in [4.78, 5) is 20.3. The van der Waals surface area contributed by atoms with Crippen molar-refractivity contribution in [1.82, 2.24) is 18.8 Å². The van der Waals surface area contributed by atoms with Crippen LogP contribution >= 0.6 is 0 Å². The number of hydrogen-bond acceptors (Lipinski definition) is 6. The molecule has 2 heterocycles. The van der Waals surface area contributed by atoms with Crippen LogP contribution in [0.25, 0.3) is 33.4 Å². The highest BCUT2D eigenvalue weighted by atomic mass is 32.2. The molecule has 2 aromatic heterocycles. The van der Waals surface area contributed by atoms with Crippen LogP contribution in [0.3, 0.4) is 0 Å². The molecule has 0 saturated heterocycles. The van der Waals surface area contributed by atoms with Crippen LogP contribution in [-0.2, 0) is 21.8 Å². The summed E-state index contributed by atoms with van der Waals surface area (Å²) >= 11 is 0. The van der Waals surface area contributed by atoms with Crippen LogP contribution in [0.5, 0.6) is 0 Å². The summed E-state index contributed by atoms with van der Waals surface area (Å²) in [5.41, 5.74) is 3.41. The van der Waals surface area contributed by atoms with Gasteiger partial charge in [0.2, 0.25) is 9.92 Å². The number of halogens is 4. The summed E-state index contributed by atoms with van der Waals surface area (Å²) in [6.45, 7) is 5.19. The average Bonchev–Trinajstić information content (AvgIpc) is 3.18. The number of aryl methyl sites for hydroxylation is 1. The number of aromatic nitrogens is 3. The molecule has 14 heteroatoms. The third-order valence-electron chi connectivity index (χ3n) is 6.06. The van der Waals surface area contributed by atoms with Gasteiger partial charge in [-0.05, 0) is 42.3 Å². The molecule has 9 nitrogen and oxygen atoms in total. The molecule has 0 aliphatic carbocycles. The summed E-state index contributed by atoms with van der Waals surface area (Å²) in [7, 11) is -1.32. The summed E-state index contributed by atoms with van der Waals surface area (Å²) in [5, 5.41) is 3.11. The normalized spacial score (nSPS) is 13.3. The lowest BCUT2D eigenvalue weighted by molar-refractivity contribution is -0.112. The van der Waals surface area contributed by atoms with Crippen molar-refractivity contribution in [3.63, 3.8) is 0 Å². The number of benzene rings is 2. The van der Waals surface area contributed by atoms with Gasteiger partial charge in [-0.15, -0.1) is 0 Å². The summed E-state index contributed by atoms with van der Waals surface area (Å²) in [5.74, 6) is -1.35. The van der Waals surface area contributed by atoms with Crippen molar-refractivity contribution in [2.24, 2.45) is 11.4 Å². The largest absolute Gasteiger partial charge is 0.493 e. The molecule has 0 aliphatic rings. The number of hydrogen-bond donors (Lipinski definition) is 2. The first-order valence-corrected chi connectivity index (χ1v) is 13.1. The molecule has 4 aromatic rings. The van der Waals surface area contributed by atoms with E-state index in [4.69, 9.17) is 5.73 Å². The number of rotatable bonds is 6. The van der Waals surface area contributed by atoms with Crippen LogP contribution in [0.1, 0.15) is 6.92 Å². The van der Waals surface area contributed by atoms with E-state index in [9.17, 15) is 22.2 Å². The number of alkyl halides is 3. The van der Waals surface area contributed by atoms with Crippen LogP contribution in [0.4, 0.5) is 34.8 Å². The molecule has 0 radical (unpaired) electrons. The molecule has 2 aromatic carbocycles. The number of fused-ring (bicyclic) bond motifs is 1. The van der Waals surface area contributed by atoms with E-state index in [1.54, 1.807) is 42.8 Å². The number of carbonyl (C=O) groups excluding carboxylic acids is 1. The van der Waals surface area contributed by atoms with Gasteiger partial charge in [0.15, 0.2) is 0 Å². The van der Waals surface area contributed by atoms with E-state index in [-0.39, 0.29) is 17.3 Å². The van der Waals surface area contributed by atoms with Crippen LogP contribution in [-0.4, -0.2) is 48.6 Å². The number of amides is 1. The second-order valence-electron chi connectivity index (χ2n) is 9.06. The van der Waals surface area contributed by atoms with Gasteiger partial charge in [-0.25, -0.2) is 22.9 Å². The molecule has 1 amide bonds. The Morgan fingerprint density at radius 3 is 2.30 bits per heavy atom. The second kappa shape index (κ2) is 10.4. The van der Waals surface area contributed by atoms with Crippen LogP contribution < -0.4 is 11.1 Å². The zero-order valence-electron chi connectivity index (χ0n) is 21.9. The fourth-order valence-electron chi connectivity index (χ4n) is 4.05. The summed E-state index contributed by atoms with van der Waals surface area (Å²) < 4.78 is 73.8. The molecule has 0 spiro atoms. The monoisotopic (exact) mass is 575 g/mol. The number of nitrogens with one attached hydrogen (secondary N) is 1. The molecule has 40 heavy (non-hydrogen) atoms. The van der Waals surface area contributed by atoms with Gasteiger partial charge < -0.3 is 15.6 Å². The van der Waals surface area contributed by atoms with E-state index in [2.05, 4.69) is 26.2 Å².